The minimum absolute atomic E-state index is 0.351. The second-order valence-corrected chi connectivity index (χ2v) is 3.41. The van der Waals surface area contributed by atoms with Crippen LogP contribution >= 0.6 is 0 Å². The first-order chi connectivity index (χ1) is 7.72. The molecule has 0 saturated carbocycles. The summed E-state index contributed by atoms with van der Waals surface area (Å²) in [5, 5.41) is 3.80. The van der Waals surface area contributed by atoms with Gasteiger partial charge in [0, 0.05) is 7.11 Å². The summed E-state index contributed by atoms with van der Waals surface area (Å²) in [4.78, 5) is 4.19. The Hall–Kier alpha value is -1.66. The molecule has 2 N–H and O–H groups in total. The number of hydrogen-bond acceptors (Lipinski definition) is 6. The second kappa shape index (κ2) is 4.46. The summed E-state index contributed by atoms with van der Waals surface area (Å²) >= 11 is 0. The number of aryl methyl sites for hydroxylation is 1. The summed E-state index contributed by atoms with van der Waals surface area (Å²) in [5.41, 5.74) is 6.56. The molecule has 2 heterocycles. The number of nitrogens with zero attached hydrogens (tertiary/aromatic N) is 2. The van der Waals surface area contributed by atoms with Crippen LogP contribution in [0.2, 0.25) is 0 Å². The van der Waals surface area contributed by atoms with Gasteiger partial charge in [0.1, 0.15) is 5.76 Å². The quantitative estimate of drug-likeness (QED) is 0.840. The second-order valence-electron chi connectivity index (χ2n) is 3.41. The third-order valence-corrected chi connectivity index (χ3v) is 2.21. The summed E-state index contributed by atoms with van der Waals surface area (Å²) in [6.07, 6.45) is 1.57. The highest BCUT2D eigenvalue weighted by atomic mass is 16.5. The van der Waals surface area contributed by atoms with Gasteiger partial charge in [0.25, 0.3) is 5.89 Å². The van der Waals surface area contributed by atoms with E-state index in [1.54, 1.807) is 19.4 Å². The van der Waals surface area contributed by atoms with Crippen LogP contribution in [0.5, 0.6) is 0 Å². The first-order valence-corrected chi connectivity index (χ1v) is 4.85. The first kappa shape index (κ1) is 10.8. The fraction of sp³-hybridized carbons (Fsp3) is 0.400. The van der Waals surface area contributed by atoms with E-state index < -0.39 is 0 Å². The predicted octanol–water partition coefficient (Wildman–Crippen LogP) is 1.28. The lowest BCUT2D eigenvalue weighted by Gasteiger charge is -2.02. The van der Waals surface area contributed by atoms with E-state index in [-0.39, 0.29) is 6.04 Å². The van der Waals surface area contributed by atoms with E-state index in [0.717, 1.165) is 11.3 Å². The van der Waals surface area contributed by atoms with Crippen molar-refractivity contribution < 1.29 is 13.7 Å². The van der Waals surface area contributed by atoms with Crippen molar-refractivity contribution in [3.8, 4) is 11.5 Å². The SMILES string of the molecule is COCC(N)c1noc(-c2ccoc2C)n1. The Kier molecular flexibility index (Phi) is 3.02. The lowest BCUT2D eigenvalue weighted by molar-refractivity contribution is 0.177. The third kappa shape index (κ3) is 1.98. The van der Waals surface area contributed by atoms with Crippen molar-refractivity contribution in [3.63, 3.8) is 0 Å². The van der Waals surface area contributed by atoms with Crippen molar-refractivity contribution in [3.05, 3.63) is 23.9 Å². The molecule has 0 aliphatic rings. The summed E-state index contributed by atoms with van der Waals surface area (Å²) in [5.74, 6) is 1.57. The maximum absolute atomic E-state index is 5.78. The van der Waals surface area contributed by atoms with Crippen LogP contribution in [0.4, 0.5) is 0 Å². The number of furan rings is 1. The highest BCUT2D eigenvalue weighted by Gasteiger charge is 2.17. The third-order valence-electron chi connectivity index (χ3n) is 2.21. The summed E-state index contributed by atoms with van der Waals surface area (Å²) in [6, 6.07) is 1.39. The first-order valence-electron chi connectivity index (χ1n) is 4.85. The molecule has 0 bridgehead atoms. The number of methoxy groups -OCH3 is 1. The van der Waals surface area contributed by atoms with Gasteiger partial charge in [-0.05, 0) is 13.0 Å². The van der Waals surface area contributed by atoms with Gasteiger partial charge >= 0.3 is 0 Å². The zero-order chi connectivity index (χ0) is 11.5. The van der Waals surface area contributed by atoms with Gasteiger partial charge in [0.2, 0.25) is 0 Å². The molecule has 0 aromatic carbocycles. The highest BCUT2D eigenvalue weighted by molar-refractivity contribution is 5.54. The van der Waals surface area contributed by atoms with Crippen molar-refractivity contribution in [2.24, 2.45) is 5.73 Å². The van der Waals surface area contributed by atoms with Crippen LogP contribution in [0.1, 0.15) is 17.6 Å². The molecule has 1 unspecified atom stereocenters. The van der Waals surface area contributed by atoms with E-state index in [9.17, 15) is 0 Å². The van der Waals surface area contributed by atoms with E-state index >= 15 is 0 Å². The van der Waals surface area contributed by atoms with Crippen LogP contribution in [-0.2, 0) is 4.74 Å². The van der Waals surface area contributed by atoms with Gasteiger partial charge in [-0.15, -0.1) is 0 Å². The molecule has 6 nitrogen and oxygen atoms in total. The Labute approximate surface area is 92.4 Å². The summed E-state index contributed by atoms with van der Waals surface area (Å²) < 4.78 is 15.2. The van der Waals surface area contributed by atoms with Crippen LogP contribution in [0.15, 0.2) is 21.3 Å². The minimum Gasteiger partial charge on any atom is -0.469 e. The molecular weight excluding hydrogens is 210 g/mol. The standard InChI is InChI=1S/C10H13N3O3/c1-6-7(3-4-15-6)10-12-9(13-16-10)8(11)5-14-2/h3-4,8H,5,11H2,1-2H3. The molecule has 0 aliphatic carbocycles. The van der Waals surface area contributed by atoms with Gasteiger partial charge in [-0.2, -0.15) is 4.98 Å². The number of ether oxygens (including phenoxy) is 1. The van der Waals surface area contributed by atoms with Crippen molar-refractivity contribution in [1.82, 2.24) is 10.1 Å². The van der Waals surface area contributed by atoms with Crippen LogP contribution in [0.3, 0.4) is 0 Å². The molecule has 0 radical (unpaired) electrons. The van der Waals surface area contributed by atoms with Gasteiger partial charge in [0.15, 0.2) is 5.82 Å². The van der Waals surface area contributed by atoms with Crippen LogP contribution in [-0.4, -0.2) is 23.9 Å². The topological polar surface area (TPSA) is 87.3 Å². The average Bonchev–Trinajstić information content (AvgIpc) is 2.86. The smallest absolute Gasteiger partial charge is 0.261 e. The van der Waals surface area contributed by atoms with Gasteiger partial charge in [-0.3, -0.25) is 0 Å². The molecule has 16 heavy (non-hydrogen) atoms. The fourth-order valence-corrected chi connectivity index (χ4v) is 1.36. The number of nitrogens with two attached hydrogens (primary N) is 1. The molecule has 0 fully saturated rings. The molecular formula is C10H13N3O3. The van der Waals surface area contributed by atoms with Crippen LogP contribution in [0, 0.1) is 6.92 Å². The Balaban J connectivity index is 2.23. The zero-order valence-electron chi connectivity index (χ0n) is 9.14. The van der Waals surface area contributed by atoms with Crippen LogP contribution < -0.4 is 5.73 Å². The van der Waals surface area contributed by atoms with Crippen molar-refractivity contribution >= 4 is 0 Å². The highest BCUT2D eigenvalue weighted by Crippen LogP contribution is 2.23. The monoisotopic (exact) mass is 223 g/mol. The zero-order valence-corrected chi connectivity index (χ0v) is 9.14. The number of rotatable bonds is 4. The van der Waals surface area contributed by atoms with Gasteiger partial charge < -0.3 is 19.4 Å². The summed E-state index contributed by atoms with van der Waals surface area (Å²) in [7, 11) is 1.57. The average molecular weight is 223 g/mol. The Morgan fingerprint density at radius 2 is 2.38 bits per heavy atom. The minimum atomic E-state index is -0.380. The van der Waals surface area contributed by atoms with Gasteiger partial charge in [-0.25, -0.2) is 0 Å². The normalized spacial score (nSPS) is 12.9. The number of hydrogen-bond donors (Lipinski definition) is 1. The Morgan fingerprint density at radius 3 is 3.00 bits per heavy atom. The molecule has 1 atom stereocenters. The molecule has 86 valence electrons. The lowest BCUT2D eigenvalue weighted by atomic mass is 10.2. The van der Waals surface area contributed by atoms with Crippen molar-refractivity contribution in [2.45, 2.75) is 13.0 Å². The summed E-state index contributed by atoms with van der Waals surface area (Å²) in [6.45, 7) is 2.18. The van der Waals surface area contributed by atoms with Gasteiger partial charge in [-0.1, -0.05) is 5.16 Å². The van der Waals surface area contributed by atoms with Crippen LogP contribution in [0.25, 0.3) is 11.5 Å². The van der Waals surface area contributed by atoms with E-state index in [0.29, 0.717) is 18.3 Å². The molecule has 2 rings (SSSR count). The molecule has 6 heteroatoms. The van der Waals surface area contributed by atoms with Crippen molar-refractivity contribution in [1.29, 1.82) is 0 Å². The van der Waals surface area contributed by atoms with E-state index in [2.05, 4.69) is 10.1 Å². The Bertz CT molecular complexity index is 463. The Morgan fingerprint density at radius 1 is 1.56 bits per heavy atom. The largest absolute Gasteiger partial charge is 0.469 e. The molecule has 2 aromatic heterocycles. The number of aromatic nitrogens is 2. The molecule has 0 aliphatic heterocycles. The lowest BCUT2D eigenvalue weighted by Crippen LogP contribution is -2.17. The maximum atomic E-state index is 5.78. The van der Waals surface area contributed by atoms with E-state index in [4.69, 9.17) is 19.4 Å². The molecule has 0 amide bonds. The van der Waals surface area contributed by atoms with E-state index in [1.165, 1.54) is 0 Å². The fourth-order valence-electron chi connectivity index (χ4n) is 1.36. The molecule has 0 spiro atoms. The van der Waals surface area contributed by atoms with Crippen molar-refractivity contribution in [2.75, 3.05) is 13.7 Å². The van der Waals surface area contributed by atoms with Gasteiger partial charge in [0.05, 0.1) is 24.5 Å². The van der Waals surface area contributed by atoms with E-state index in [1.807, 2.05) is 6.92 Å². The molecule has 0 saturated heterocycles. The predicted molar refractivity (Wildman–Crippen MR) is 55.5 cm³/mol. The molecule has 2 aromatic rings. The maximum Gasteiger partial charge on any atom is 0.261 e.